The van der Waals surface area contributed by atoms with Gasteiger partial charge < -0.3 is 10.1 Å². The number of carbonyl (C=O) groups excluding carboxylic acids is 3. The van der Waals surface area contributed by atoms with Gasteiger partial charge in [0.05, 0.1) is 17.7 Å². The predicted octanol–water partition coefficient (Wildman–Crippen LogP) is 4.05. The van der Waals surface area contributed by atoms with Gasteiger partial charge in [-0.05, 0) is 35.9 Å². The highest BCUT2D eigenvalue weighted by Crippen LogP contribution is 2.27. The highest BCUT2D eigenvalue weighted by molar-refractivity contribution is 6.22. The molecule has 6 nitrogen and oxygen atoms in total. The van der Waals surface area contributed by atoms with Crippen LogP contribution in [0.1, 0.15) is 41.0 Å². The van der Waals surface area contributed by atoms with Crippen molar-refractivity contribution in [1.29, 1.82) is 0 Å². The summed E-state index contributed by atoms with van der Waals surface area (Å²) in [7, 11) is 0. The molecule has 0 aliphatic carbocycles. The van der Waals surface area contributed by atoms with Gasteiger partial charge in [0, 0.05) is 5.39 Å². The summed E-state index contributed by atoms with van der Waals surface area (Å²) in [5.41, 5.74) is 0.691. The minimum atomic E-state index is -0.861. The Kier molecular flexibility index (Phi) is 6.21. The zero-order chi connectivity index (χ0) is 22.7. The number of hydrogen-bond acceptors (Lipinski definition) is 4. The molecule has 0 radical (unpaired) electrons. The molecule has 1 N–H and O–H groups in total. The van der Waals surface area contributed by atoms with Crippen molar-refractivity contribution in [2.24, 2.45) is 5.92 Å². The predicted molar refractivity (Wildman–Crippen MR) is 123 cm³/mol. The maximum atomic E-state index is 13.0. The van der Waals surface area contributed by atoms with Crippen LogP contribution in [0.2, 0.25) is 0 Å². The third kappa shape index (κ3) is 4.21. The Bertz CT molecular complexity index is 1130. The molecule has 0 aromatic heterocycles. The van der Waals surface area contributed by atoms with E-state index >= 15 is 0 Å². The molecule has 6 heteroatoms. The first-order chi connectivity index (χ1) is 15.5. The van der Waals surface area contributed by atoms with Gasteiger partial charge in [0.1, 0.15) is 18.4 Å². The quantitative estimate of drug-likeness (QED) is 0.432. The number of imide groups is 1. The maximum absolute atomic E-state index is 13.0. The lowest BCUT2D eigenvalue weighted by molar-refractivity contribution is -0.125. The summed E-state index contributed by atoms with van der Waals surface area (Å²) < 4.78 is 5.89. The lowest BCUT2D eigenvalue weighted by Crippen LogP contribution is -2.50. The van der Waals surface area contributed by atoms with E-state index in [0.29, 0.717) is 17.5 Å². The largest absolute Gasteiger partial charge is 0.491 e. The second-order valence-electron chi connectivity index (χ2n) is 8.29. The summed E-state index contributed by atoms with van der Waals surface area (Å²) in [5, 5.41) is 4.93. The Morgan fingerprint density at radius 1 is 0.906 bits per heavy atom. The van der Waals surface area contributed by atoms with Crippen molar-refractivity contribution >= 4 is 28.5 Å². The van der Waals surface area contributed by atoms with Crippen LogP contribution < -0.4 is 10.1 Å². The minimum absolute atomic E-state index is 0.127. The van der Waals surface area contributed by atoms with E-state index < -0.39 is 17.9 Å². The topological polar surface area (TPSA) is 75.7 Å². The molecule has 3 aromatic carbocycles. The van der Waals surface area contributed by atoms with Gasteiger partial charge in [0.25, 0.3) is 11.8 Å². The fraction of sp³-hybridized carbons (Fsp3) is 0.269. The van der Waals surface area contributed by atoms with Gasteiger partial charge >= 0.3 is 0 Å². The minimum Gasteiger partial charge on any atom is -0.491 e. The van der Waals surface area contributed by atoms with E-state index in [1.54, 1.807) is 24.3 Å². The number of rotatable bonds is 8. The zero-order valence-electron chi connectivity index (χ0n) is 18.2. The SMILES string of the molecule is CC(C)CC(C(=O)NCCOc1cccc2ccccc12)N1C(=O)c2ccccc2C1=O. The molecule has 4 rings (SSSR count). The smallest absolute Gasteiger partial charge is 0.262 e. The molecule has 0 saturated heterocycles. The van der Waals surface area contributed by atoms with E-state index in [1.165, 1.54) is 0 Å². The van der Waals surface area contributed by atoms with Crippen LogP contribution in [0.4, 0.5) is 0 Å². The van der Waals surface area contributed by atoms with E-state index in [0.717, 1.165) is 21.4 Å². The Labute approximate surface area is 187 Å². The van der Waals surface area contributed by atoms with Crippen molar-refractivity contribution in [2.75, 3.05) is 13.2 Å². The Hall–Kier alpha value is -3.67. The molecule has 0 fully saturated rings. The highest BCUT2D eigenvalue weighted by atomic mass is 16.5. The number of fused-ring (bicyclic) bond motifs is 2. The van der Waals surface area contributed by atoms with Crippen molar-refractivity contribution in [2.45, 2.75) is 26.3 Å². The van der Waals surface area contributed by atoms with Crippen LogP contribution in [-0.4, -0.2) is 41.8 Å². The molecular formula is C26H26N2O4. The van der Waals surface area contributed by atoms with Gasteiger partial charge in [0.15, 0.2) is 0 Å². The van der Waals surface area contributed by atoms with Crippen LogP contribution in [0, 0.1) is 5.92 Å². The molecule has 32 heavy (non-hydrogen) atoms. The first kappa shape index (κ1) is 21.6. The summed E-state index contributed by atoms with van der Waals surface area (Å²) in [6.07, 6.45) is 0.390. The van der Waals surface area contributed by atoms with Crippen LogP contribution in [0.3, 0.4) is 0 Å². The van der Waals surface area contributed by atoms with E-state index in [2.05, 4.69) is 5.32 Å². The second-order valence-corrected chi connectivity index (χ2v) is 8.29. The molecule has 0 spiro atoms. The molecule has 3 amide bonds. The fourth-order valence-corrected chi connectivity index (χ4v) is 4.04. The maximum Gasteiger partial charge on any atom is 0.262 e. The number of benzene rings is 3. The first-order valence-electron chi connectivity index (χ1n) is 10.8. The van der Waals surface area contributed by atoms with Gasteiger partial charge in [-0.3, -0.25) is 19.3 Å². The van der Waals surface area contributed by atoms with Crippen LogP contribution in [0.15, 0.2) is 66.7 Å². The number of amides is 3. The van der Waals surface area contributed by atoms with Crippen molar-refractivity contribution < 1.29 is 19.1 Å². The molecule has 0 bridgehead atoms. The number of carbonyl (C=O) groups is 3. The Morgan fingerprint density at radius 3 is 2.22 bits per heavy atom. The molecule has 1 unspecified atom stereocenters. The molecule has 0 saturated carbocycles. The molecule has 3 aromatic rings. The zero-order valence-corrected chi connectivity index (χ0v) is 18.2. The van der Waals surface area contributed by atoms with Gasteiger partial charge in [0.2, 0.25) is 5.91 Å². The number of nitrogens with zero attached hydrogens (tertiary/aromatic N) is 1. The van der Waals surface area contributed by atoms with E-state index in [4.69, 9.17) is 4.74 Å². The molecule has 1 atom stereocenters. The summed E-state index contributed by atoms with van der Waals surface area (Å²) in [6.45, 7) is 4.46. The Balaban J connectivity index is 1.42. The number of nitrogens with one attached hydrogen (secondary N) is 1. The lowest BCUT2D eigenvalue weighted by Gasteiger charge is -2.26. The number of ether oxygens (including phenoxy) is 1. The van der Waals surface area contributed by atoms with Crippen molar-refractivity contribution in [3.63, 3.8) is 0 Å². The monoisotopic (exact) mass is 430 g/mol. The molecule has 164 valence electrons. The van der Waals surface area contributed by atoms with Crippen molar-refractivity contribution in [3.05, 3.63) is 77.9 Å². The van der Waals surface area contributed by atoms with Gasteiger partial charge in [-0.2, -0.15) is 0 Å². The van der Waals surface area contributed by atoms with Crippen molar-refractivity contribution in [3.8, 4) is 5.75 Å². The second kappa shape index (κ2) is 9.22. The summed E-state index contributed by atoms with van der Waals surface area (Å²) in [6, 6.07) is 19.6. The van der Waals surface area contributed by atoms with Gasteiger partial charge in [-0.1, -0.05) is 62.4 Å². The standard InChI is InChI=1S/C26H26N2O4/c1-17(2)16-22(28-25(30)20-11-5-6-12-21(20)26(28)31)24(29)27-14-15-32-23-13-7-9-18-8-3-4-10-19(18)23/h3-13,17,22H,14-16H2,1-2H3,(H,27,29). The van der Waals surface area contributed by atoms with Crippen LogP contribution in [-0.2, 0) is 4.79 Å². The van der Waals surface area contributed by atoms with E-state index in [9.17, 15) is 14.4 Å². The lowest BCUT2D eigenvalue weighted by atomic mass is 10.0. The van der Waals surface area contributed by atoms with Crippen LogP contribution in [0.25, 0.3) is 10.8 Å². The average molecular weight is 431 g/mol. The summed E-state index contributed by atoms with van der Waals surface area (Å²) >= 11 is 0. The molecule has 1 aliphatic rings. The van der Waals surface area contributed by atoms with Crippen LogP contribution in [0.5, 0.6) is 5.75 Å². The summed E-state index contributed by atoms with van der Waals surface area (Å²) in [4.78, 5) is 39.9. The van der Waals surface area contributed by atoms with E-state index in [-0.39, 0.29) is 25.0 Å². The normalized spacial score (nSPS) is 14.0. The fourth-order valence-electron chi connectivity index (χ4n) is 4.04. The summed E-state index contributed by atoms with van der Waals surface area (Å²) in [5.74, 6) is -0.315. The average Bonchev–Trinajstić information content (AvgIpc) is 3.05. The first-order valence-corrected chi connectivity index (χ1v) is 10.8. The highest BCUT2D eigenvalue weighted by Gasteiger charge is 2.42. The van der Waals surface area contributed by atoms with E-state index in [1.807, 2.05) is 56.3 Å². The van der Waals surface area contributed by atoms with Gasteiger partial charge in [-0.25, -0.2) is 0 Å². The molecule has 1 heterocycles. The van der Waals surface area contributed by atoms with Crippen LogP contribution >= 0.6 is 0 Å². The molecular weight excluding hydrogens is 404 g/mol. The van der Waals surface area contributed by atoms with Gasteiger partial charge in [-0.15, -0.1) is 0 Å². The Morgan fingerprint density at radius 2 is 1.53 bits per heavy atom. The van der Waals surface area contributed by atoms with Crippen molar-refractivity contribution in [1.82, 2.24) is 10.2 Å². The molecule has 1 aliphatic heterocycles. The third-order valence-electron chi connectivity index (χ3n) is 5.54. The third-order valence-corrected chi connectivity index (χ3v) is 5.54. The number of hydrogen-bond donors (Lipinski definition) is 1.